The van der Waals surface area contributed by atoms with Crippen molar-refractivity contribution in [3.05, 3.63) is 89.7 Å². The predicted molar refractivity (Wildman–Crippen MR) is 172 cm³/mol. The van der Waals surface area contributed by atoms with Gasteiger partial charge in [0, 0.05) is 23.0 Å². The van der Waals surface area contributed by atoms with Crippen LogP contribution in [0.1, 0.15) is 62.8 Å². The molecule has 2 unspecified atom stereocenters. The molecule has 2 heterocycles. The van der Waals surface area contributed by atoms with Crippen LogP contribution in [0, 0.1) is 6.92 Å². The molecule has 0 radical (unpaired) electrons. The van der Waals surface area contributed by atoms with E-state index in [1.807, 2.05) is 31.2 Å². The Balaban J connectivity index is 1.26. The largest absolute Gasteiger partial charge is 0.573 e. The van der Waals surface area contributed by atoms with E-state index in [-0.39, 0.29) is 17.8 Å². The minimum atomic E-state index is -4.75. The number of benzene rings is 3. The molecule has 0 aliphatic carbocycles. The number of aromatic nitrogens is 3. The minimum absolute atomic E-state index is 0.210. The van der Waals surface area contributed by atoms with E-state index in [1.54, 1.807) is 11.8 Å². The molecule has 8 nitrogen and oxygen atoms in total. The number of thioether (sulfide) groups is 1. The van der Waals surface area contributed by atoms with E-state index >= 15 is 0 Å². The molecule has 2 atom stereocenters. The first-order valence-electron chi connectivity index (χ1n) is 14.7. The molecule has 5 rings (SSSR count). The predicted octanol–water partition coefficient (Wildman–Crippen LogP) is 8.42. The number of carbonyl (C=O) groups excluding carboxylic acids is 1. The van der Waals surface area contributed by atoms with Crippen LogP contribution in [0.5, 0.6) is 5.75 Å². The van der Waals surface area contributed by atoms with Crippen LogP contribution >= 0.6 is 11.8 Å². The SMILES string of the molecule is Cc1ccc(C(C)C)c(N2C(=NC(=O)NC(C)c3ccc(-c4ncn(-c5ccc(OC(F)(F)F)cc5)n4)cc3)SCCC2C)c1. The number of hydrogen-bond acceptors (Lipinski definition) is 5. The lowest BCUT2D eigenvalue weighted by Crippen LogP contribution is -2.43. The van der Waals surface area contributed by atoms with Gasteiger partial charge in [-0.05, 0) is 80.1 Å². The van der Waals surface area contributed by atoms with Crippen LogP contribution < -0.4 is 15.0 Å². The number of nitrogens with zero attached hydrogens (tertiary/aromatic N) is 5. The van der Waals surface area contributed by atoms with Crippen molar-refractivity contribution in [3.8, 4) is 22.8 Å². The highest BCUT2D eigenvalue weighted by atomic mass is 32.2. The molecule has 4 aromatic rings. The van der Waals surface area contributed by atoms with Crippen molar-refractivity contribution in [2.75, 3.05) is 10.7 Å². The lowest BCUT2D eigenvalue weighted by molar-refractivity contribution is -0.274. The Kier molecular flexibility index (Phi) is 9.52. The number of alkyl halides is 3. The van der Waals surface area contributed by atoms with Crippen molar-refractivity contribution >= 4 is 28.6 Å². The van der Waals surface area contributed by atoms with Gasteiger partial charge in [-0.1, -0.05) is 62.0 Å². The van der Waals surface area contributed by atoms with Crippen molar-refractivity contribution in [1.82, 2.24) is 20.1 Å². The summed E-state index contributed by atoms with van der Waals surface area (Å²) < 4.78 is 42.7. The highest BCUT2D eigenvalue weighted by Crippen LogP contribution is 2.35. The number of amides is 2. The van der Waals surface area contributed by atoms with Crippen molar-refractivity contribution in [2.45, 2.75) is 65.4 Å². The molecular weight excluding hydrogens is 601 g/mol. The zero-order valence-electron chi connectivity index (χ0n) is 25.7. The Morgan fingerprint density at radius 3 is 2.44 bits per heavy atom. The molecule has 2 amide bonds. The normalized spacial score (nSPS) is 17.0. The highest BCUT2D eigenvalue weighted by molar-refractivity contribution is 8.14. The fourth-order valence-electron chi connectivity index (χ4n) is 5.11. The monoisotopic (exact) mass is 636 g/mol. The van der Waals surface area contributed by atoms with Crippen LogP contribution in [-0.4, -0.2) is 44.1 Å². The van der Waals surface area contributed by atoms with Gasteiger partial charge in [-0.3, -0.25) is 0 Å². The maximum absolute atomic E-state index is 13.2. The zero-order valence-corrected chi connectivity index (χ0v) is 26.5. The fourth-order valence-corrected chi connectivity index (χ4v) is 6.32. The van der Waals surface area contributed by atoms with Gasteiger partial charge in [-0.2, -0.15) is 4.99 Å². The third-order valence-corrected chi connectivity index (χ3v) is 8.50. The maximum atomic E-state index is 13.2. The van der Waals surface area contributed by atoms with Gasteiger partial charge < -0.3 is 15.0 Å². The smallest absolute Gasteiger partial charge is 0.406 e. The maximum Gasteiger partial charge on any atom is 0.573 e. The summed E-state index contributed by atoms with van der Waals surface area (Å²) in [6.45, 7) is 10.5. The number of hydrogen-bond donors (Lipinski definition) is 1. The summed E-state index contributed by atoms with van der Waals surface area (Å²) in [7, 11) is 0. The lowest BCUT2D eigenvalue weighted by Gasteiger charge is -2.37. The summed E-state index contributed by atoms with van der Waals surface area (Å²) in [4.78, 5) is 24.2. The van der Waals surface area contributed by atoms with Crippen LogP contribution in [0.25, 0.3) is 17.1 Å². The molecule has 12 heteroatoms. The van der Waals surface area contributed by atoms with Crippen LogP contribution in [0.4, 0.5) is 23.7 Å². The van der Waals surface area contributed by atoms with Crippen molar-refractivity contribution < 1.29 is 22.7 Å². The zero-order chi connectivity index (χ0) is 32.3. The Labute approximate surface area is 264 Å². The summed E-state index contributed by atoms with van der Waals surface area (Å²) in [5.41, 5.74) is 5.65. The Morgan fingerprint density at radius 2 is 1.78 bits per heavy atom. The van der Waals surface area contributed by atoms with Crippen molar-refractivity contribution in [2.24, 2.45) is 4.99 Å². The third kappa shape index (κ3) is 7.86. The first-order chi connectivity index (χ1) is 21.4. The number of anilines is 1. The standard InChI is InChI=1S/C33H35F3N6O2S/c1-20(2)28-15-6-21(3)18-29(28)42-22(4)16-17-45-32(42)39-31(43)38-23(5)24-7-9-25(10-8-24)30-37-19-41(40-30)26-11-13-27(14-12-26)44-33(34,35)36/h6-15,18-20,22-23H,16-17H2,1-5H3,(H,38,43). The number of nitrogens with one attached hydrogen (secondary N) is 1. The van der Waals surface area contributed by atoms with Gasteiger partial charge in [-0.15, -0.1) is 18.3 Å². The second-order valence-electron chi connectivity index (χ2n) is 11.3. The average molecular weight is 637 g/mol. The molecule has 1 N–H and O–H groups in total. The summed E-state index contributed by atoms with van der Waals surface area (Å²) in [6, 6.07) is 18.8. The lowest BCUT2D eigenvalue weighted by atomic mass is 9.98. The molecule has 1 aliphatic heterocycles. The van der Waals surface area contributed by atoms with Gasteiger partial charge in [0.05, 0.1) is 11.7 Å². The number of rotatable bonds is 7. The Hall–Kier alpha value is -4.32. The summed E-state index contributed by atoms with van der Waals surface area (Å²) in [5, 5.41) is 8.15. The van der Waals surface area contributed by atoms with Gasteiger partial charge in [-0.25, -0.2) is 14.5 Å². The number of carbonyl (C=O) groups is 1. The molecule has 0 spiro atoms. The third-order valence-electron chi connectivity index (χ3n) is 7.51. The molecule has 0 bridgehead atoms. The Bertz CT molecular complexity index is 1670. The fraction of sp³-hybridized carbons (Fsp3) is 0.333. The molecule has 1 aliphatic rings. The van der Waals surface area contributed by atoms with Crippen LogP contribution in [0.2, 0.25) is 0 Å². The number of amidine groups is 1. The molecule has 0 saturated carbocycles. The van der Waals surface area contributed by atoms with Crippen LogP contribution in [0.15, 0.2) is 78.0 Å². The molecule has 236 valence electrons. The van der Waals surface area contributed by atoms with E-state index in [9.17, 15) is 18.0 Å². The quantitative estimate of drug-likeness (QED) is 0.219. The van der Waals surface area contributed by atoms with E-state index in [2.05, 4.69) is 75.9 Å². The van der Waals surface area contributed by atoms with E-state index < -0.39 is 12.4 Å². The molecular formula is C33H35F3N6O2S. The van der Waals surface area contributed by atoms with Crippen molar-refractivity contribution in [1.29, 1.82) is 0 Å². The number of ether oxygens (including phenoxy) is 1. The second-order valence-corrected chi connectivity index (χ2v) is 12.4. The highest BCUT2D eigenvalue weighted by Gasteiger charge is 2.31. The van der Waals surface area contributed by atoms with Gasteiger partial charge >= 0.3 is 12.4 Å². The molecule has 1 aromatic heterocycles. The summed E-state index contributed by atoms with van der Waals surface area (Å²) in [5.74, 6) is 1.35. The number of aryl methyl sites for hydroxylation is 1. The molecule has 45 heavy (non-hydrogen) atoms. The number of halogens is 3. The first kappa shape index (κ1) is 32.1. The Morgan fingerprint density at radius 1 is 1.07 bits per heavy atom. The van der Waals surface area contributed by atoms with Gasteiger partial charge in [0.25, 0.3) is 0 Å². The topological polar surface area (TPSA) is 84.6 Å². The average Bonchev–Trinajstić information content (AvgIpc) is 3.47. The van der Waals surface area contributed by atoms with Crippen LogP contribution in [0.3, 0.4) is 0 Å². The molecule has 3 aromatic carbocycles. The van der Waals surface area contributed by atoms with E-state index in [0.717, 1.165) is 34.6 Å². The van der Waals surface area contributed by atoms with E-state index in [0.29, 0.717) is 22.6 Å². The van der Waals surface area contributed by atoms with Gasteiger partial charge in [0.2, 0.25) is 0 Å². The van der Waals surface area contributed by atoms with Gasteiger partial charge in [0.15, 0.2) is 11.0 Å². The molecule has 1 saturated heterocycles. The van der Waals surface area contributed by atoms with E-state index in [1.165, 1.54) is 40.8 Å². The minimum Gasteiger partial charge on any atom is -0.406 e. The molecule has 1 fully saturated rings. The summed E-state index contributed by atoms with van der Waals surface area (Å²) >= 11 is 1.60. The first-order valence-corrected chi connectivity index (χ1v) is 15.7. The summed E-state index contributed by atoms with van der Waals surface area (Å²) in [6.07, 6.45) is -2.27. The van der Waals surface area contributed by atoms with E-state index in [4.69, 9.17) is 0 Å². The van der Waals surface area contributed by atoms with Gasteiger partial charge in [0.1, 0.15) is 12.1 Å². The van der Waals surface area contributed by atoms with Crippen molar-refractivity contribution in [3.63, 3.8) is 0 Å². The van der Waals surface area contributed by atoms with Crippen LogP contribution in [-0.2, 0) is 0 Å². The second kappa shape index (κ2) is 13.4. The number of aliphatic imine (C=N–C) groups is 1. The number of urea groups is 1.